The summed E-state index contributed by atoms with van der Waals surface area (Å²) in [4.78, 5) is 12.5. The van der Waals surface area contributed by atoms with Gasteiger partial charge in [-0.2, -0.15) is 0 Å². The van der Waals surface area contributed by atoms with Crippen LogP contribution in [-0.2, 0) is 4.79 Å². The van der Waals surface area contributed by atoms with Crippen LogP contribution in [0.15, 0.2) is 0 Å². The lowest BCUT2D eigenvalue weighted by atomic mass is 9.87. The second kappa shape index (κ2) is 7.13. The summed E-state index contributed by atoms with van der Waals surface area (Å²) in [7, 11) is 0. The van der Waals surface area contributed by atoms with E-state index in [-0.39, 0.29) is 23.4 Å². The normalized spacial score (nSPS) is 25.6. The number of carbonyl (C=O) groups excluding carboxylic acids is 1. The van der Waals surface area contributed by atoms with Crippen molar-refractivity contribution in [3.8, 4) is 0 Å². The maximum Gasteiger partial charge on any atom is 0.225 e. The van der Waals surface area contributed by atoms with Crippen molar-refractivity contribution in [3.63, 3.8) is 0 Å². The molecule has 0 aromatic heterocycles. The summed E-state index contributed by atoms with van der Waals surface area (Å²) >= 11 is 0. The van der Waals surface area contributed by atoms with E-state index in [4.69, 9.17) is 5.73 Å². The first kappa shape index (κ1) is 15.5. The predicted molar refractivity (Wildman–Crippen MR) is 76.3 cm³/mol. The molecule has 1 fully saturated rings. The number of rotatable bonds is 5. The highest BCUT2D eigenvalue weighted by Crippen LogP contribution is 2.25. The molecule has 18 heavy (non-hydrogen) atoms. The Balaban J connectivity index is 2.67. The van der Waals surface area contributed by atoms with Crippen LogP contribution in [0.2, 0.25) is 0 Å². The second-order valence-electron chi connectivity index (χ2n) is 5.74. The van der Waals surface area contributed by atoms with Crippen LogP contribution in [-0.4, -0.2) is 17.5 Å². The van der Waals surface area contributed by atoms with E-state index in [1.165, 1.54) is 12.8 Å². The van der Waals surface area contributed by atoms with Gasteiger partial charge in [0.25, 0.3) is 0 Å². The Kier molecular flexibility index (Phi) is 6.13. The van der Waals surface area contributed by atoms with Crippen LogP contribution in [0.5, 0.6) is 0 Å². The van der Waals surface area contributed by atoms with Gasteiger partial charge in [0.1, 0.15) is 0 Å². The quantitative estimate of drug-likeness (QED) is 0.741. The van der Waals surface area contributed by atoms with E-state index in [1.54, 1.807) is 0 Å². The molecule has 0 saturated heterocycles. The largest absolute Gasteiger partial charge is 0.350 e. The van der Waals surface area contributed by atoms with Crippen LogP contribution in [0.1, 0.15) is 72.1 Å². The lowest BCUT2D eigenvalue weighted by molar-refractivity contribution is -0.128. The molecule has 2 atom stereocenters. The fourth-order valence-corrected chi connectivity index (χ4v) is 3.03. The van der Waals surface area contributed by atoms with E-state index in [1.807, 2.05) is 0 Å². The minimum atomic E-state index is -0.0247. The molecule has 1 aliphatic carbocycles. The summed E-state index contributed by atoms with van der Waals surface area (Å²) in [5.74, 6) is 0.214. The fourth-order valence-electron chi connectivity index (χ4n) is 3.03. The Labute approximate surface area is 112 Å². The van der Waals surface area contributed by atoms with Crippen LogP contribution in [0.25, 0.3) is 0 Å². The molecule has 0 bridgehead atoms. The first-order chi connectivity index (χ1) is 8.58. The lowest BCUT2D eigenvalue weighted by Gasteiger charge is -2.34. The average Bonchev–Trinajstić information content (AvgIpc) is 2.60. The molecule has 3 heteroatoms. The van der Waals surface area contributed by atoms with Crippen LogP contribution >= 0.6 is 0 Å². The number of amides is 1. The summed E-state index contributed by atoms with van der Waals surface area (Å²) < 4.78 is 0. The van der Waals surface area contributed by atoms with E-state index >= 15 is 0 Å². The van der Waals surface area contributed by atoms with Gasteiger partial charge >= 0.3 is 0 Å². The van der Waals surface area contributed by atoms with Gasteiger partial charge in [-0.15, -0.1) is 0 Å². The Morgan fingerprint density at radius 2 is 1.67 bits per heavy atom. The van der Waals surface area contributed by atoms with Crippen molar-refractivity contribution in [2.24, 2.45) is 11.7 Å². The molecule has 0 heterocycles. The van der Waals surface area contributed by atoms with Crippen LogP contribution < -0.4 is 11.1 Å². The molecule has 0 spiro atoms. The summed E-state index contributed by atoms with van der Waals surface area (Å²) in [6, 6.07) is 0.0516. The number of nitrogens with two attached hydrogens (primary N) is 1. The lowest BCUT2D eigenvalue weighted by Crippen LogP contribution is -2.52. The third kappa shape index (κ3) is 3.71. The standard InChI is InChI=1S/C15H30N2O/c1-4-15(5-2,6-3)17-14(18)12-10-8-7-9-11-13(12)16/h12-13H,4-11,16H2,1-3H3,(H,17,18). The van der Waals surface area contributed by atoms with Crippen molar-refractivity contribution in [1.29, 1.82) is 0 Å². The van der Waals surface area contributed by atoms with Gasteiger partial charge < -0.3 is 11.1 Å². The molecule has 1 saturated carbocycles. The summed E-state index contributed by atoms with van der Waals surface area (Å²) in [5, 5.41) is 3.29. The summed E-state index contributed by atoms with van der Waals surface area (Å²) in [5.41, 5.74) is 6.14. The molecule has 1 amide bonds. The third-order valence-corrected chi connectivity index (χ3v) is 4.82. The van der Waals surface area contributed by atoms with E-state index in [0.717, 1.165) is 38.5 Å². The van der Waals surface area contributed by atoms with Crippen molar-refractivity contribution in [2.45, 2.75) is 83.7 Å². The third-order valence-electron chi connectivity index (χ3n) is 4.82. The van der Waals surface area contributed by atoms with Gasteiger partial charge in [-0.05, 0) is 32.1 Å². The zero-order valence-electron chi connectivity index (χ0n) is 12.3. The highest BCUT2D eigenvalue weighted by Gasteiger charge is 2.32. The minimum absolute atomic E-state index is 0.0246. The maximum atomic E-state index is 12.5. The van der Waals surface area contributed by atoms with E-state index in [0.29, 0.717) is 0 Å². The van der Waals surface area contributed by atoms with Crippen LogP contribution in [0.3, 0.4) is 0 Å². The molecule has 0 aliphatic heterocycles. The zero-order chi connectivity index (χ0) is 13.6. The van der Waals surface area contributed by atoms with Gasteiger partial charge in [-0.3, -0.25) is 4.79 Å². The van der Waals surface area contributed by atoms with Gasteiger partial charge in [0.05, 0.1) is 5.92 Å². The Morgan fingerprint density at radius 1 is 1.11 bits per heavy atom. The second-order valence-corrected chi connectivity index (χ2v) is 5.74. The van der Waals surface area contributed by atoms with Gasteiger partial charge in [-0.1, -0.05) is 40.0 Å². The van der Waals surface area contributed by atoms with Gasteiger partial charge in [0, 0.05) is 11.6 Å². The molecule has 3 N–H and O–H groups in total. The van der Waals surface area contributed by atoms with E-state index in [2.05, 4.69) is 26.1 Å². The monoisotopic (exact) mass is 254 g/mol. The van der Waals surface area contributed by atoms with Crippen molar-refractivity contribution in [2.75, 3.05) is 0 Å². The number of hydrogen-bond acceptors (Lipinski definition) is 2. The first-order valence-corrected chi connectivity index (χ1v) is 7.66. The first-order valence-electron chi connectivity index (χ1n) is 7.66. The van der Waals surface area contributed by atoms with E-state index in [9.17, 15) is 4.79 Å². The Hall–Kier alpha value is -0.570. The SMILES string of the molecule is CCC(CC)(CC)NC(=O)C1CCCCCC1N. The molecule has 0 radical (unpaired) electrons. The summed E-state index contributed by atoms with van der Waals surface area (Å²) in [6.07, 6.45) is 8.47. The van der Waals surface area contributed by atoms with Crippen molar-refractivity contribution < 1.29 is 4.79 Å². The molecule has 1 aliphatic rings. The Bertz CT molecular complexity index is 253. The molecule has 3 nitrogen and oxygen atoms in total. The highest BCUT2D eigenvalue weighted by atomic mass is 16.2. The molecule has 1 rings (SSSR count). The number of nitrogens with one attached hydrogen (secondary N) is 1. The Morgan fingerprint density at radius 3 is 2.22 bits per heavy atom. The molecular formula is C15H30N2O. The molecule has 2 unspecified atom stereocenters. The van der Waals surface area contributed by atoms with Gasteiger partial charge in [0.2, 0.25) is 5.91 Å². The average molecular weight is 254 g/mol. The minimum Gasteiger partial charge on any atom is -0.350 e. The smallest absolute Gasteiger partial charge is 0.225 e. The summed E-state index contributed by atoms with van der Waals surface area (Å²) in [6.45, 7) is 6.46. The fraction of sp³-hybridized carbons (Fsp3) is 0.933. The topological polar surface area (TPSA) is 55.1 Å². The highest BCUT2D eigenvalue weighted by molar-refractivity contribution is 5.80. The van der Waals surface area contributed by atoms with Crippen LogP contribution in [0, 0.1) is 5.92 Å². The van der Waals surface area contributed by atoms with Gasteiger partial charge in [0.15, 0.2) is 0 Å². The number of hydrogen-bond donors (Lipinski definition) is 2. The molecule has 0 aromatic carbocycles. The predicted octanol–water partition coefficient (Wildman–Crippen LogP) is 2.98. The van der Waals surface area contributed by atoms with Crippen LogP contribution in [0.4, 0.5) is 0 Å². The molecule has 106 valence electrons. The zero-order valence-corrected chi connectivity index (χ0v) is 12.3. The molecule has 0 aromatic rings. The number of carbonyl (C=O) groups is 1. The molecular weight excluding hydrogens is 224 g/mol. The van der Waals surface area contributed by atoms with Crippen molar-refractivity contribution in [3.05, 3.63) is 0 Å². The van der Waals surface area contributed by atoms with E-state index < -0.39 is 0 Å². The van der Waals surface area contributed by atoms with Gasteiger partial charge in [-0.25, -0.2) is 0 Å². The maximum absolute atomic E-state index is 12.5. The van der Waals surface area contributed by atoms with Crippen molar-refractivity contribution >= 4 is 5.91 Å². The van der Waals surface area contributed by atoms with Crippen molar-refractivity contribution in [1.82, 2.24) is 5.32 Å².